The lowest BCUT2D eigenvalue weighted by molar-refractivity contribution is -0.215. The molecule has 2 bridgehead atoms. The first-order chi connectivity index (χ1) is 9.30. The molecule has 4 unspecified atom stereocenters. The van der Waals surface area contributed by atoms with Crippen LogP contribution in [0.1, 0.15) is 72.6 Å². The minimum absolute atomic E-state index is 0.0141. The molecule has 0 aromatic rings. The summed E-state index contributed by atoms with van der Waals surface area (Å²) in [5.74, 6) is 1.56. The normalized spacial score (nSPS) is 47.9. The highest BCUT2D eigenvalue weighted by Crippen LogP contribution is 2.65. The molecule has 0 aliphatic heterocycles. The summed E-state index contributed by atoms with van der Waals surface area (Å²) >= 11 is 0. The van der Waals surface area contributed by atoms with Gasteiger partial charge in [-0.05, 0) is 68.1 Å². The molecule has 2 nitrogen and oxygen atoms in total. The topological polar surface area (TPSA) is 29.5 Å². The lowest BCUT2D eigenvalue weighted by Crippen LogP contribution is -2.58. The Hall–Kier alpha value is -0.0800. The number of ether oxygens (including phenoxy) is 1. The van der Waals surface area contributed by atoms with Crippen molar-refractivity contribution < 1.29 is 9.84 Å². The van der Waals surface area contributed by atoms with Gasteiger partial charge in [-0.3, -0.25) is 0 Å². The molecule has 3 fully saturated rings. The van der Waals surface area contributed by atoms with Crippen molar-refractivity contribution >= 4 is 0 Å². The van der Waals surface area contributed by atoms with Gasteiger partial charge in [0.25, 0.3) is 0 Å². The van der Waals surface area contributed by atoms with Gasteiger partial charge in [-0.25, -0.2) is 0 Å². The fourth-order valence-electron chi connectivity index (χ4n) is 5.76. The van der Waals surface area contributed by atoms with Crippen molar-refractivity contribution in [1.29, 1.82) is 0 Å². The van der Waals surface area contributed by atoms with Crippen molar-refractivity contribution in [2.45, 2.75) is 84.3 Å². The van der Waals surface area contributed by atoms with Gasteiger partial charge >= 0.3 is 0 Å². The van der Waals surface area contributed by atoms with E-state index in [1.165, 1.54) is 44.9 Å². The first-order valence-electron chi connectivity index (χ1n) is 8.59. The average molecular weight is 280 g/mol. The zero-order valence-electron chi connectivity index (χ0n) is 13.7. The summed E-state index contributed by atoms with van der Waals surface area (Å²) < 4.78 is 6.52. The lowest BCUT2D eigenvalue weighted by Gasteiger charge is -2.60. The molecule has 0 spiro atoms. The predicted octanol–water partition coefficient (Wildman–Crippen LogP) is 4.16. The SMILES string of the molecule is C[C@@H](CO)OC12CCCC(C)(CCC3C1CC3(C)C)C2. The molecule has 116 valence electrons. The Labute approximate surface area is 124 Å². The van der Waals surface area contributed by atoms with Crippen LogP contribution < -0.4 is 0 Å². The molecule has 0 radical (unpaired) electrons. The van der Waals surface area contributed by atoms with E-state index in [-0.39, 0.29) is 18.3 Å². The lowest BCUT2D eigenvalue weighted by atomic mass is 9.49. The minimum Gasteiger partial charge on any atom is -0.394 e. The predicted molar refractivity (Wildman–Crippen MR) is 81.6 cm³/mol. The van der Waals surface area contributed by atoms with Crippen molar-refractivity contribution in [3.8, 4) is 0 Å². The quantitative estimate of drug-likeness (QED) is 0.841. The van der Waals surface area contributed by atoms with Gasteiger partial charge in [0, 0.05) is 0 Å². The largest absolute Gasteiger partial charge is 0.394 e. The third kappa shape index (κ3) is 2.23. The van der Waals surface area contributed by atoms with Crippen LogP contribution in [0.25, 0.3) is 0 Å². The van der Waals surface area contributed by atoms with Crippen LogP contribution in [0.5, 0.6) is 0 Å². The molecule has 3 rings (SSSR count). The second-order valence-corrected chi connectivity index (χ2v) is 8.96. The second kappa shape index (κ2) is 4.71. The molecular weight excluding hydrogens is 248 g/mol. The Balaban J connectivity index is 1.91. The highest BCUT2D eigenvalue weighted by Gasteiger charge is 2.61. The molecule has 5 atom stereocenters. The van der Waals surface area contributed by atoms with Crippen LogP contribution >= 0.6 is 0 Å². The molecule has 3 aliphatic carbocycles. The van der Waals surface area contributed by atoms with Crippen molar-refractivity contribution in [1.82, 2.24) is 0 Å². The highest BCUT2D eigenvalue weighted by atomic mass is 16.5. The summed E-state index contributed by atoms with van der Waals surface area (Å²) in [6.07, 6.45) is 9.16. The molecular formula is C18H32O2. The zero-order chi connectivity index (χ0) is 14.6. The Morgan fingerprint density at radius 2 is 1.90 bits per heavy atom. The first-order valence-corrected chi connectivity index (χ1v) is 8.59. The molecule has 0 aromatic carbocycles. The maximum absolute atomic E-state index is 9.44. The second-order valence-electron chi connectivity index (χ2n) is 8.96. The maximum Gasteiger partial charge on any atom is 0.0785 e. The molecule has 3 aliphatic rings. The van der Waals surface area contributed by atoms with Gasteiger partial charge in [0.05, 0.1) is 18.3 Å². The summed E-state index contributed by atoms with van der Waals surface area (Å²) in [6.45, 7) is 9.54. The van der Waals surface area contributed by atoms with Crippen molar-refractivity contribution in [2.24, 2.45) is 22.7 Å². The molecule has 3 saturated carbocycles. The van der Waals surface area contributed by atoms with Crippen LogP contribution in [-0.2, 0) is 4.74 Å². The van der Waals surface area contributed by atoms with Gasteiger partial charge in [-0.15, -0.1) is 0 Å². The van der Waals surface area contributed by atoms with E-state index in [9.17, 15) is 5.11 Å². The van der Waals surface area contributed by atoms with E-state index in [2.05, 4.69) is 20.8 Å². The van der Waals surface area contributed by atoms with E-state index in [4.69, 9.17) is 4.74 Å². The number of rotatable bonds is 3. The molecule has 20 heavy (non-hydrogen) atoms. The van der Waals surface area contributed by atoms with Crippen LogP contribution in [0.2, 0.25) is 0 Å². The standard InChI is InChI=1S/C18H32O2/c1-13(11-19)20-18-8-5-7-17(4,12-18)9-6-14-15(18)10-16(14,2)3/h13-15,19H,5-12H2,1-4H3/t13-,14?,15?,17?,18?/m0/s1. The van der Waals surface area contributed by atoms with Crippen molar-refractivity contribution in [3.63, 3.8) is 0 Å². The minimum atomic E-state index is -0.0141. The van der Waals surface area contributed by atoms with Crippen LogP contribution in [0, 0.1) is 22.7 Å². The Kier molecular flexibility index (Phi) is 3.49. The molecule has 2 heteroatoms. The monoisotopic (exact) mass is 280 g/mol. The average Bonchev–Trinajstić information content (AvgIpc) is 2.41. The molecule has 0 saturated heterocycles. The van der Waals surface area contributed by atoms with E-state index < -0.39 is 0 Å². The van der Waals surface area contributed by atoms with E-state index in [1.807, 2.05) is 6.92 Å². The fourth-order valence-corrected chi connectivity index (χ4v) is 5.76. The molecule has 0 heterocycles. The zero-order valence-corrected chi connectivity index (χ0v) is 13.7. The fraction of sp³-hybridized carbons (Fsp3) is 1.00. The van der Waals surface area contributed by atoms with Gasteiger partial charge in [-0.2, -0.15) is 0 Å². The smallest absolute Gasteiger partial charge is 0.0785 e. The molecule has 0 amide bonds. The Morgan fingerprint density at radius 1 is 1.15 bits per heavy atom. The van der Waals surface area contributed by atoms with Gasteiger partial charge in [0.15, 0.2) is 0 Å². The summed E-state index contributed by atoms with van der Waals surface area (Å²) in [5.41, 5.74) is 1.03. The van der Waals surface area contributed by atoms with Gasteiger partial charge in [-0.1, -0.05) is 27.2 Å². The third-order valence-corrected chi connectivity index (χ3v) is 6.77. The Bertz CT molecular complexity index is 378. The summed E-state index contributed by atoms with van der Waals surface area (Å²) in [7, 11) is 0. The van der Waals surface area contributed by atoms with Crippen LogP contribution in [0.4, 0.5) is 0 Å². The number of fused-ring (bicyclic) bond motifs is 4. The molecule has 0 aromatic heterocycles. The van der Waals surface area contributed by atoms with E-state index in [0.29, 0.717) is 10.8 Å². The number of aliphatic hydroxyl groups excluding tert-OH is 1. The number of hydrogen-bond donors (Lipinski definition) is 1. The van der Waals surface area contributed by atoms with Crippen LogP contribution in [0.15, 0.2) is 0 Å². The van der Waals surface area contributed by atoms with Crippen molar-refractivity contribution in [3.05, 3.63) is 0 Å². The summed E-state index contributed by atoms with van der Waals surface area (Å²) in [5, 5.41) is 9.44. The van der Waals surface area contributed by atoms with Crippen LogP contribution in [0.3, 0.4) is 0 Å². The van der Waals surface area contributed by atoms with Gasteiger partial charge in [0.1, 0.15) is 0 Å². The summed E-state index contributed by atoms with van der Waals surface area (Å²) in [6, 6.07) is 0. The Morgan fingerprint density at radius 3 is 2.55 bits per heavy atom. The third-order valence-electron chi connectivity index (χ3n) is 6.77. The van der Waals surface area contributed by atoms with E-state index in [0.717, 1.165) is 11.8 Å². The highest BCUT2D eigenvalue weighted by molar-refractivity contribution is 5.11. The number of aliphatic hydroxyl groups is 1. The van der Waals surface area contributed by atoms with Crippen LogP contribution in [-0.4, -0.2) is 23.4 Å². The first kappa shape index (κ1) is 14.8. The van der Waals surface area contributed by atoms with Gasteiger partial charge in [0.2, 0.25) is 0 Å². The molecule has 1 N–H and O–H groups in total. The van der Waals surface area contributed by atoms with Gasteiger partial charge < -0.3 is 9.84 Å². The number of hydrogen-bond acceptors (Lipinski definition) is 2. The van der Waals surface area contributed by atoms with Crippen molar-refractivity contribution in [2.75, 3.05) is 6.61 Å². The van der Waals surface area contributed by atoms with E-state index in [1.54, 1.807) is 0 Å². The maximum atomic E-state index is 9.44. The summed E-state index contributed by atoms with van der Waals surface area (Å²) in [4.78, 5) is 0. The van der Waals surface area contributed by atoms with E-state index >= 15 is 0 Å².